The van der Waals surface area contributed by atoms with Gasteiger partial charge in [0.05, 0.1) is 23.0 Å². The molecular formula is C24H25N3O4S. The monoisotopic (exact) mass is 451 g/mol. The van der Waals surface area contributed by atoms with E-state index in [4.69, 9.17) is 9.47 Å². The highest BCUT2D eigenvalue weighted by atomic mass is 32.1. The molecule has 1 aliphatic heterocycles. The molecule has 0 saturated carbocycles. The van der Waals surface area contributed by atoms with Gasteiger partial charge in [-0.05, 0) is 49.2 Å². The van der Waals surface area contributed by atoms with Crippen LogP contribution in [0.1, 0.15) is 16.1 Å². The number of nitrogens with zero attached hydrogens (tertiary/aromatic N) is 2. The molecule has 166 valence electrons. The van der Waals surface area contributed by atoms with Gasteiger partial charge in [-0.2, -0.15) is 0 Å². The van der Waals surface area contributed by atoms with E-state index in [0.29, 0.717) is 18.0 Å². The van der Waals surface area contributed by atoms with Crippen molar-refractivity contribution in [3.8, 4) is 17.0 Å². The summed E-state index contributed by atoms with van der Waals surface area (Å²) in [6.45, 7) is 4.38. The van der Waals surface area contributed by atoms with Crippen LogP contribution in [-0.2, 0) is 20.7 Å². The summed E-state index contributed by atoms with van der Waals surface area (Å²) < 4.78 is 10.7. The number of benzene rings is 2. The lowest BCUT2D eigenvalue weighted by molar-refractivity contribution is -0.123. The second-order valence-electron chi connectivity index (χ2n) is 7.62. The summed E-state index contributed by atoms with van der Waals surface area (Å²) in [4.78, 5) is 31.6. The molecule has 2 amide bonds. The molecule has 0 saturated heterocycles. The van der Waals surface area contributed by atoms with E-state index in [9.17, 15) is 9.59 Å². The molecule has 0 aliphatic carbocycles. The number of fused-ring (bicyclic) bond motifs is 1. The molecule has 2 heterocycles. The van der Waals surface area contributed by atoms with Crippen molar-refractivity contribution in [2.75, 3.05) is 37.1 Å². The zero-order valence-corrected chi connectivity index (χ0v) is 19.1. The van der Waals surface area contributed by atoms with E-state index in [2.05, 4.69) is 10.3 Å². The first-order valence-corrected chi connectivity index (χ1v) is 11.2. The number of thiazole rings is 1. The van der Waals surface area contributed by atoms with Crippen molar-refractivity contribution in [2.45, 2.75) is 20.3 Å². The smallest absolute Gasteiger partial charge is 0.265 e. The van der Waals surface area contributed by atoms with Crippen molar-refractivity contribution in [3.63, 3.8) is 0 Å². The summed E-state index contributed by atoms with van der Waals surface area (Å²) in [6, 6.07) is 11.3. The Morgan fingerprint density at radius 3 is 2.94 bits per heavy atom. The number of ether oxygens (including phenoxy) is 2. The molecule has 3 aromatic rings. The second-order valence-corrected chi connectivity index (χ2v) is 8.56. The average molecular weight is 452 g/mol. The highest BCUT2D eigenvalue weighted by Crippen LogP contribution is 2.36. The van der Waals surface area contributed by atoms with Gasteiger partial charge in [-0.3, -0.25) is 14.5 Å². The number of aromatic nitrogens is 1. The van der Waals surface area contributed by atoms with Gasteiger partial charge in [-0.25, -0.2) is 4.98 Å². The van der Waals surface area contributed by atoms with E-state index in [0.717, 1.165) is 39.5 Å². The van der Waals surface area contributed by atoms with E-state index in [-0.39, 0.29) is 25.0 Å². The Bertz CT molecular complexity index is 1160. The largest absolute Gasteiger partial charge is 0.482 e. The Morgan fingerprint density at radius 1 is 1.28 bits per heavy atom. The van der Waals surface area contributed by atoms with Gasteiger partial charge in [0, 0.05) is 30.2 Å². The van der Waals surface area contributed by atoms with E-state index >= 15 is 0 Å². The standard InChI is InChI=1S/C24H25N3O4S/c1-15-5-4-6-18(16(15)2)25-22(28)12-27-20-11-17(7-8-21(20)31-13-24(27)29)19-14-32-23(26-19)9-10-30-3/h4-8,11,14H,9-10,12-13H2,1-3H3,(H,25,28). The van der Waals surface area contributed by atoms with Crippen LogP contribution in [0.4, 0.5) is 11.4 Å². The molecule has 7 nitrogen and oxygen atoms in total. The number of aryl methyl sites for hydroxylation is 1. The predicted octanol–water partition coefficient (Wildman–Crippen LogP) is 3.98. The number of nitrogens with one attached hydrogen (secondary N) is 1. The molecule has 32 heavy (non-hydrogen) atoms. The normalized spacial score (nSPS) is 13.0. The Morgan fingerprint density at radius 2 is 2.12 bits per heavy atom. The molecule has 0 radical (unpaired) electrons. The number of rotatable bonds is 7. The fourth-order valence-electron chi connectivity index (χ4n) is 3.50. The van der Waals surface area contributed by atoms with Crippen LogP contribution in [0.5, 0.6) is 5.75 Å². The van der Waals surface area contributed by atoms with Crippen LogP contribution in [0, 0.1) is 13.8 Å². The maximum Gasteiger partial charge on any atom is 0.265 e. The maximum absolute atomic E-state index is 12.8. The van der Waals surface area contributed by atoms with Crippen molar-refractivity contribution < 1.29 is 19.1 Å². The summed E-state index contributed by atoms with van der Waals surface area (Å²) >= 11 is 1.57. The van der Waals surface area contributed by atoms with Gasteiger partial charge in [-0.15, -0.1) is 11.3 Å². The Balaban J connectivity index is 1.56. The first-order valence-electron chi connectivity index (χ1n) is 10.3. The number of hydrogen-bond donors (Lipinski definition) is 1. The topological polar surface area (TPSA) is 80.8 Å². The molecule has 1 aromatic heterocycles. The van der Waals surface area contributed by atoms with Crippen LogP contribution in [0.25, 0.3) is 11.3 Å². The fourth-order valence-corrected chi connectivity index (χ4v) is 4.29. The third kappa shape index (κ3) is 4.66. The molecule has 1 N–H and O–H groups in total. The lowest BCUT2D eigenvalue weighted by Crippen LogP contribution is -2.43. The van der Waals surface area contributed by atoms with Gasteiger partial charge >= 0.3 is 0 Å². The van der Waals surface area contributed by atoms with Crippen molar-refractivity contribution >= 4 is 34.5 Å². The lowest BCUT2D eigenvalue weighted by atomic mass is 10.1. The number of carbonyl (C=O) groups is 2. The van der Waals surface area contributed by atoms with Crippen LogP contribution in [0.15, 0.2) is 41.8 Å². The molecule has 4 rings (SSSR count). The number of amides is 2. The summed E-state index contributed by atoms with van der Waals surface area (Å²) in [5, 5.41) is 5.89. The molecule has 0 bridgehead atoms. The average Bonchev–Trinajstić information content (AvgIpc) is 3.26. The van der Waals surface area contributed by atoms with E-state index in [1.807, 2.05) is 55.6 Å². The predicted molar refractivity (Wildman–Crippen MR) is 126 cm³/mol. The third-order valence-corrected chi connectivity index (χ3v) is 6.36. The van der Waals surface area contributed by atoms with Crippen molar-refractivity contribution in [1.82, 2.24) is 4.98 Å². The van der Waals surface area contributed by atoms with Crippen molar-refractivity contribution in [3.05, 3.63) is 57.9 Å². The molecule has 1 aliphatic rings. The summed E-state index contributed by atoms with van der Waals surface area (Å²) in [5.41, 5.74) is 5.10. The molecular weight excluding hydrogens is 426 g/mol. The van der Waals surface area contributed by atoms with E-state index in [1.54, 1.807) is 18.4 Å². The number of methoxy groups -OCH3 is 1. The van der Waals surface area contributed by atoms with Gasteiger partial charge in [0.1, 0.15) is 12.3 Å². The van der Waals surface area contributed by atoms with Crippen LogP contribution < -0.4 is 15.0 Å². The Hall–Kier alpha value is -3.23. The SMILES string of the molecule is COCCc1nc(-c2ccc3c(c2)N(CC(=O)Nc2cccc(C)c2C)C(=O)CO3)cs1. The van der Waals surface area contributed by atoms with Gasteiger partial charge in [0.15, 0.2) is 6.61 Å². The van der Waals surface area contributed by atoms with Crippen molar-refractivity contribution in [2.24, 2.45) is 0 Å². The zero-order chi connectivity index (χ0) is 22.7. The third-order valence-electron chi connectivity index (χ3n) is 5.45. The summed E-state index contributed by atoms with van der Waals surface area (Å²) in [6.07, 6.45) is 0.748. The lowest BCUT2D eigenvalue weighted by Gasteiger charge is -2.29. The van der Waals surface area contributed by atoms with Crippen LogP contribution in [-0.4, -0.2) is 43.7 Å². The van der Waals surface area contributed by atoms with Gasteiger partial charge in [0.2, 0.25) is 5.91 Å². The minimum Gasteiger partial charge on any atom is -0.482 e. The second kappa shape index (κ2) is 9.50. The minimum absolute atomic E-state index is 0.0951. The highest BCUT2D eigenvalue weighted by molar-refractivity contribution is 7.09. The van der Waals surface area contributed by atoms with Crippen LogP contribution in [0.2, 0.25) is 0 Å². The number of hydrogen-bond acceptors (Lipinski definition) is 6. The molecule has 0 atom stereocenters. The van der Waals surface area contributed by atoms with Gasteiger partial charge in [0.25, 0.3) is 5.91 Å². The van der Waals surface area contributed by atoms with Crippen LogP contribution >= 0.6 is 11.3 Å². The van der Waals surface area contributed by atoms with Gasteiger partial charge in [-0.1, -0.05) is 12.1 Å². The van der Waals surface area contributed by atoms with Crippen molar-refractivity contribution in [1.29, 1.82) is 0 Å². The molecule has 0 spiro atoms. The maximum atomic E-state index is 12.8. The summed E-state index contributed by atoms with van der Waals surface area (Å²) in [7, 11) is 1.67. The Kier molecular flexibility index (Phi) is 6.53. The number of anilines is 2. The summed E-state index contributed by atoms with van der Waals surface area (Å²) in [5.74, 6) is 0.0494. The first-order chi connectivity index (χ1) is 15.5. The first kappa shape index (κ1) is 22.0. The fraction of sp³-hybridized carbons (Fsp3) is 0.292. The van der Waals surface area contributed by atoms with Gasteiger partial charge < -0.3 is 14.8 Å². The van der Waals surface area contributed by atoms with Crippen LogP contribution in [0.3, 0.4) is 0 Å². The molecule has 0 unspecified atom stereocenters. The highest BCUT2D eigenvalue weighted by Gasteiger charge is 2.28. The quantitative estimate of drug-likeness (QED) is 0.588. The molecule has 2 aromatic carbocycles. The Labute approximate surface area is 191 Å². The molecule has 8 heteroatoms. The molecule has 0 fully saturated rings. The van der Waals surface area contributed by atoms with E-state index in [1.165, 1.54) is 4.90 Å². The number of carbonyl (C=O) groups excluding carboxylic acids is 2. The van der Waals surface area contributed by atoms with E-state index < -0.39 is 0 Å². The zero-order valence-electron chi connectivity index (χ0n) is 18.3. The minimum atomic E-state index is -0.263.